The highest BCUT2D eigenvalue weighted by Gasteiger charge is 2.36. The number of nitrogens with two attached hydrogens (primary N) is 1. The van der Waals surface area contributed by atoms with E-state index >= 15 is 0 Å². The summed E-state index contributed by atoms with van der Waals surface area (Å²) in [7, 11) is -0.0608. The van der Waals surface area contributed by atoms with Crippen LogP contribution in [0, 0.1) is 5.92 Å². The SMILES string of the molecule is C.CN(C)c1ccc(-c2nc3ncnc(O[C@@H]4C[C@@H](COS(N)(=O)=O)[C@@H](O)C4)c3[nH]2)c2ccccc12. The van der Waals surface area contributed by atoms with Crippen molar-refractivity contribution in [1.29, 1.82) is 0 Å². The van der Waals surface area contributed by atoms with Gasteiger partial charge in [-0.25, -0.2) is 15.1 Å². The number of anilines is 1. The number of aromatic amines is 1. The molecule has 0 unspecified atom stereocenters. The Morgan fingerprint density at radius 3 is 2.61 bits per heavy atom. The van der Waals surface area contributed by atoms with E-state index < -0.39 is 22.3 Å². The van der Waals surface area contributed by atoms with E-state index in [0.717, 1.165) is 22.0 Å². The summed E-state index contributed by atoms with van der Waals surface area (Å²) >= 11 is 0. The van der Waals surface area contributed by atoms with Crippen LogP contribution in [-0.2, 0) is 14.5 Å². The summed E-state index contributed by atoms with van der Waals surface area (Å²) in [6, 6.07) is 12.2. The molecule has 36 heavy (non-hydrogen) atoms. The van der Waals surface area contributed by atoms with E-state index in [2.05, 4.69) is 47.2 Å². The Kier molecular flexibility index (Phi) is 7.14. The quantitative estimate of drug-likeness (QED) is 0.337. The maximum Gasteiger partial charge on any atom is 0.333 e. The molecule has 0 aliphatic heterocycles. The molecule has 1 aliphatic rings. The first-order valence-corrected chi connectivity index (χ1v) is 12.6. The van der Waals surface area contributed by atoms with Gasteiger partial charge >= 0.3 is 10.3 Å². The monoisotopic (exact) mass is 514 g/mol. The molecule has 1 saturated carbocycles. The third-order valence-corrected chi connectivity index (χ3v) is 6.70. The van der Waals surface area contributed by atoms with Crippen molar-refractivity contribution in [3.63, 3.8) is 0 Å². The number of nitrogens with one attached hydrogen (secondary N) is 1. The molecular formula is C24H30N6O5S. The van der Waals surface area contributed by atoms with E-state index in [1.54, 1.807) is 0 Å². The van der Waals surface area contributed by atoms with Crippen molar-refractivity contribution >= 4 is 37.9 Å². The molecule has 1 fully saturated rings. The normalized spacial score (nSPS) is 19.9. The van der Waals surface area contributed by atoms with E-state index in [-0.39, 0.29) is 20.1 Å². The van der Waals surface area contributed by atoms with Gasteiger partial charge in [-0.1, -0.05) is 31.7 Å². The maximum absolute atomic E-state index is 11.1. The summed E-state index contributed by atoms with van der Waals surface area (Å²) in [6.07, 6.45) is 0.909. The fraction of sp³-hybridized carbons (Fsp3) is 0.375. The van der Waals surface area contributed by atoms with E-state index in [1.807, 2.05) is 32.3 Å². The number of ether oxygens (including phenoxy) is 1. The highest BCUT2D eigenvalue weighted by Crippen LogP contribution is 2.35. The first-order chi connectivity index (χ1) is 16.7. The Labute approximate surface area is 209 Å². The molecule has 4 aromatic rings. The highest BCUT2D eigenvalue weighted by molar-refractivity contribution is 7.84. The topological polar surface area (TPSA) is 157 Å². The van der Waals surface area contributed by atoms with Gasteiger partial charge in [0.15, 0.2) is 5.65 Å². The summed E-state index contributed by atoms with van der Waals surface area (Å²) in [5.74, 6) is 0.528. The third-order valence-electron chi connectivity index (χ3n) is 6.23. The van der Waals surface area contributed by atoms with Crippen molar-refractivity contribution in [2.75, 3.05) is 25.6 Å². The maximum atomic E-state index is 11.1. The Balaban J connectivity index is 0.00000304. The Morgan fingerprint density at radius 2 is 1.89 bits per heavy atom. The minimum Gasteiger partial charge on any atom is -0.473 e. The van der Waals surface area contributed by atoms with Crippen molar-refractivity contribution in [2.45, 2.75) is 32.5 Å². The van der Waals surface area contributed by atoms with Crippen molar-refractivity contribution in [1.82, 2.24) is 19.9 Å². The van der Waals surface area contributed by atoms with Crippen LogP contribution >= 0.6 is 0 Å². The number of aliphatic hydroxyl groups is 1. The molecular weight excluding hydrogens is 484 g/mol. The number of aliphatic hydroxyl groups excluding tert-OH is 1. The molecule has 0 amide bonds. The van der Waals surface area contributed by atoms with Crippen LogP contribution in [0.2, 0.25) is 0 Å². The Bertz CT molecular complexity index is 1490. The predicted molar refractivity (Wildman–Crippen MR) is 138 cm³/mol. The minimum absolute atomic E-state index is 0. The number of H-pyrrole nitrogens is 1. The molecule has 4 N–H and O–H groups in total. The number of nitrogens with zero attached hydrogens (tertiary/aromatic N) is 4. The fourth-order valence-electron chi connectivity index (χ4n) is 4.57. The zero-order valence-electron chi connectivity index (χ0n) is 19.2. The molecule has 2 aromatic carbocycles. The van der Waals surface area contributed by atoms with Crippen LogP contribution in [0.1, 0.15) is 20.3 Å². The smallest absolute Gasteiger partial charge is 0.333 e. The van der Waals surface area contributed by atoms with Crippen molar-refractivity contribution in [3.8, 4) is 17.3 Å². The second-order valence-corrected chi connectivity index (χ2v) is 10.1. The van der Waals surface area contributed by atoms with Crippen molar-refractivity contribution < 1.29 is 22.4 Å². The van der Waals surface area contributed by atoms with E-state index in [1.165, 1.54) is 6.33 Å². The molecule has 1 aliphatic carbocycles. The molecule has 192 valence electrons. The predicted octanol–water partition coefficient (Wildman–Crippen LogP) is 2.61. The highest BCUT2D eigenvalue weighted by atomic mass is 32.2. The lowest BCUT2D eigenvalue weighted by Crippen LogP contribution is -2.24. The van der Waals surface area contributed by atoms with E-state index in [4.69, 9.17) is 9.88 Å². The molecule has 5 rings (SSSR count). The van der Waals surface area contributed by atoms with Crippen molar-refractivity contribution in [3.05, 3.63) is 42.7 Å². The lowest BCUT2D eigenvalue weighted by Gasteiger charge is -2.17. The van der Waals surface area contributed by atoms with Crippen LogP contribution in [0.5, 0.6) is 5.88 Å². The molecule has 2 aromatic heterocycles. The second kappa shape index (κ2) is 9.97. The summed E-state index contributed by atoms with van der Waals surface area (Å²) in [6.45, 7) is -0.205. The fourth-order valence-corrected chi connectivity index (χ4v) is 4.94. The minimum atomic E-state index is -4.08. The van der Waals surface area contributed by atoms with Crippen LogP contribution < -0.4 is 14.8 Å². The zero-order valence-corrected chi connectivity index (χ0v) is 20.1. The van der Waals surface area contributed by atoms with Gasteiger partial charge in [-0.2, -0.15) is 13.4 Å². The zero-order chi connectivity index (χ0) is 24.7. The Morgan fingerprint density at radius 1 is 1.14 bits per heavy atom. The molecule has 0 radical (unpaired) electrons. The number of fused-ring (bicyclic) bond motifs is 2. The summed E-state index contributed by atoms with van der Waals surface area (Å²) in [5.41, 5.74) is 3.03. The average Bonchev–Trinajstić information content (AvgIpc) is 3.40. The number of benzene rings is 2. The van der Waals surface area contributed by atoms with E-state index in [9.17, 15) is 13.5 Å². The summed E-state index contributed by atoms with van der Waals surface area (Å²) in [5, 5.41) is 17.4. The number of aromatic nitrogens is 4. The molecule has 2 heterocycles. The van der Waals surface area contributed by atoms with Gasteiger partial charge in [-0.3, -0.25) is 4.18 Å². The summed E-state index contributed by atoms with van der Waals surface area (Å²) in [4.78, 5) is 18.6. The third kappa shape index (κ3) is 5.12. The van der Waals surface area contributed by atoms with Crippen molar-refractivity contribution in [2.24, 2.45) is 11.1 Å². The van der Waals surface area contributed by atoms with Gasteiger partial charge in [0.05, 0.1) is 12.7 Å². The lowest BCUT2D eigenvalue weighted by atomic mass is 10.0. The van der Waals surface area contributed by atoms with Gasteiger partial charge in [0.1, 0.15) is 23.8 Å². The Hall–Kier alpha value is -3.32. The number of hydrogen-bond donors (Lipinski definition) is 3. The second-order valence-electron chi connectivity index (χ2n) is 8.85. The van der Waals surface area contributed by atoms with Gasteiger partial charge in [0, 0.05) is 43.1 Å². The van der Waals surface area contributed by atoms with Crippen LogP contribution in [0.25, 0.3) is 33.3 Å². The summed E-state index contributed by atoms with van der Waals surface area (Å²) < 4.78 is 32.9. The van der Waals surface area contributed by atoms with Crippen LogP contribution in [0.4, 0.5) is 5.69 Å². The largest absolute Gasteiger partial charge is 0.473 e. The van der Waals surface area contributed by atoms with Gasteiger partial charge < -0.3 is 19.7 Å². The first-order valence-electron chi connectivity index (χ1n) is 11.1. The van der Waals surface area contributed by atoms with E-state index in [0.29, 0.717) is 35.7 Å². The molecule has 12 heteroatoms. The number of hydrogen-bond acceptors (Lipinski definition) is 9. The van der Waals surface area contributed by atoms with Crippen LogP contribution in [0.15, 0.2) is 42.7 Å². The molecule has 0 spiro atoms. The first kappa shape index (κ1) is 25.8. The van der Waals surface area contributed by atoms with Crippen LogP contribution in [-0.4, -0.2) is 66.4 Å². The molecule has 0 bridgehead atoms. The number of imidazole rings is 1. The van der Waals surface area contributed by atoms with Gasteiger partial charge in [0.25, 0.3) is 0 Å². The average molecular weight is 515 g/mol. The molecule has 11 nitrogen and oxygen atoms in total. The van der Waals surface area contributed by atoms with Gasteiger partial charge in [-0.05, 0) is 23.9 Å². The lowest BCUT2D eigenvalue weighted by molar-refractivity contribution is 0.0986. The standard InChI is InChI=1S/C23H26N6O5S.CH4/c1-29(2)18-8-7-17(15-5-3-4-6-16(15)18)21-27-20-22(28-21)25-12-26-23(20)34-14-9-13(19(30)10-14)11-33-35(24,31)32;/h3-8,12-14,19,30H,9-11H2,1-2H3,(H2,24,31,32)(H,25,26,27,28);1H4/t13-,14+,19-;/m0./s1. The molecule has 3 atom stereocenters. The van der Waals surface area contributed by atoms with Gasteiger partial charge in [0.2, 0.25) is 5.88 Å². The van der Waals surface area contributed by atoms with Gasteiger partial charge in [-0.15, -0.1) is 0 Å². The number of rotatable bonds is 7. The van der Waals surface area contributed by atoms with Crippen LogP contribution in [0.3, 0.4) is 0 Å². The molecule has 0 saturated heterocycles.